The second kappa shape index (κ2) is 5.50. The van der Waals surface area contributed by atoms with Gasteiger partial charge in [0.15, 0.2) is 0 Å². The van der Waals surface area contributed by atoms with Crippen LogP contribution in [0.1, 0.15) is 16.7 Å². The second-order valence-electron chi connectivity index (χ2n) is 5.64. The van der Waals surface area contributed by atoms with Crippen LogP contribution < -0.4 is 10.6 Å². The molecule has 0 unspecified atom stereocenters. The summed E-state index contributed by atoms with van der Waals surface area (Å²) in [6.07, 6.45) is 0. The van der Waals surface area contributed by atoms with Crippen molar-refractivity contribution in [2.24, 2.45) is 5.16 Å². The van der Waals surface area contributed by atoms with Gasteiger partial charge in [0.1, 0.15) is 5.71 Å². The maximum absolute atomic E-state index is 12.5. The van der Waals surface area contributed by atoms with Crippen LogP contribution in [0.2, 0.25) is 0 Å². The number of rotatable bonds is 2. The first kappa shape index (κ1) is 14.5. The van der Waals surface area contributed by atoms with E-state index in [1.165, 1.54) is 0 Å². The Bertz CT molecular complexity index is 915. The number of carbonyl (C=O) groups excluding carboxylic acids is 1. The van der Waals surface area contributed by atoms with E-state index in [1.807, 2.05) is 42.5 Å². The Morgan fingerprint density at radius 3 is 2.67 bits per heavy atom. The van der Waals surface area contributed by atoms with Gasteiger partial charge in [0.25, 0.3) is 5.91 Å². The van der Waals surface area contributed by atoms with Crippen molar-refractivity contribution < 1.29 is 14.7 Å². The zero-order chi connectivity index (χ0) is 16.7. The lowest BCUT2D eigenvalue weighted by Gasteiger charge is -2.07. The van der Waals surface area contributed by atoms with Gasteiger partial charge in [-0.3, -0.25) is 4.79 Å². The molecule has 0 atom stereocenters. The average molecular weight is 321 g/mol. The van der Waals surface area contributed by atoms with E-state index in [1.54, 1.807) is 7.11 Å². The molecule has 4 rings (SSSR count). The molecule has 2 aliphatic rings. The Hall–Kier alpha value is -3.12. The number of amides is 1. The highest BCUT2D eigenvalue weighted by Gasteiger charge is 2.34. The minimum absolute atomic E-state index is 0.226. The zero-order valence-electron chi connectivity index (χ0n) is 13.0. The van der Waals surface area contributed by atoms with Crippen molar-refractivity contribution in [1.29, 1.82) is 0 Å². The number of hydrogen-bond donors (Lipinski definition) is 3. The molecule has 2 aromatic carbocycles. The molecular formula is C18H15N3O3. The van der Waals surface area contributed by atoms with Crippen LogP contribution in [0, 0.1) is 0 Å². The van der Waals surface area contributed by atoms with Crippen LogP contribution in [0.3, 0.4) is 0 Å². The van der Waals surface area contributed by atoms with E-state index in [-0.39, 0.29) is 5.91 Å². The third-order valence-electron chi connectivity index (χ3n) is 4.17. The minimum atomic E-state index is -0.226. The number of allylic oxidation sites excluding steroid dienone is 1. The molecule has 0 radical (unpaired) electrons. The van der Waals surface area contributed by atoms with Gasteiger partial charge >= 0.3 is 0 Å². The molecule has 1 amide bonds. The standard InChI is InChI=1S/C18H15N3O3/c1-24-9-10-6-7-14-12(8-10)15(18(22)20-14)17-16(21-23)11-4-2-3-5-13(11)19-17/h2-8,19,23H,9H2,1H3,(H,20,22)/b17-15-,21-16+. The fourth-order valence-corrected chi connectivity index (χ4v) is 3.13. The number of nitrogens with one attached hydrogen (secondary N) is 2. The third kappa shape index (κ3) is 2.08. The summed E-state index contributed by atoms with van der Waals surface area (Å²) in [6.45, 7) is 0.457. The van der Waals surface area contributed by atoms with E-state index >= 15 is 0 Å². The molecule has 3 N–H and O–H groups in total. The summed E-state index contributed by atoms with van der Waals surface area (Å²) >= 11 is 0. The lowest BCUT2D eigenvalue weighted by atomic mass is 10.00. The number of hydrogen-bond acceptors (Lipinski definition) is 5. The average Bonchev–Trinajstić information content (AvgIpc) is 3.10. The quantitative estimate of drug-likeness (QED) is 0.451. The summed E-state index contributed by atoms with van der Waals surface area (Å²) in [7, 11) is 1.63. The van der Waals surface area contributed by atoms with Gasteiger partial charge in [-0.1, -0.05) is 29.4 Å². The first-order valence-corrected chi connectivity index (χ1v) is 7.49. The number of para-hydroxylation sites is 1. The monoisotopic (exact) mass is 321 g/mol. The molecule has 6 heteroatoms. The van der Waals surface area contributed by atoms with Gasteiger partial charge in [-0.25, -0.2) is 0 Å². The maximum Gasteiger partial charge on any atom is 0.258 e. The Morgan fingerprint density at radius 1 is 1.08 bits per heavy atom. The summed E-state index contributed by atoms with van der Waals surface area (Å²) in [4.78, 5) is 12.5. The highest BCUT2D eigenvalue weighted by atomic mass is 16.5. The third-order valence-corrected chi connectivity index (χ3v) is 4.17. The van der Waals surface area contributed by atoms with Crippen LogP contribution in [0.15, 0.2) is 53.3 Å². The minimum Gasteiger partial charge on any atom is -0.410 e. The Balaban J connectivity index is 1.90. The summed E-state index contributed by atoms with van der Waals surface area (Å²) in [6, 6.07) is 13.1. The smallest absolute Gasteiger partial charge is 0.258 e. The predicted molar refractivity (Wildman–Crippen MR) is 91.1 cm³/mol. The molecule has 2 aliphatic heterocycles. The number of ether oxygens (including phenoxy) is 1. The van der Waals surface area contributed by atoms with Crippen molar-refractivity contribution in [3.63, 3.8) is 0 Å². The number of anilines is 2. The van der Waals surface area contributed by atoms with E-state index in [2.05, 4.69) is 15.8 Å². The highest BCUT2D eigenvalue weighted by molar-refractivity contribution is 6.39. The van der Waals surface area contributed by atoms with Crippen LogP contribution in [0.5, 0.6) is 0 Å². The Morgan fingerprint density at radius 2 is 1.88 bits per heavy atom. The van der Waals surface area contributed by atoms with Gasteiger partial charge in [-0.15, -0.1) is 0 Å². The Labute approximate surface area is 138 Å². The van der Waals surface area contributed by atoms with Gasteiger partial charge in [0.2, 0.25) is 0 Å². The van der Waals surface area contributed by atoms with Crippen LogP contribution >= 0.6 is 0 Å². The van der Waals surface area contributed by atoms with Crippen molar-refractivity contribution in [2.75, 3.05) is 17.7 Å². The molecule has 120 valence electrons. The molecule has 0 aliphatic carbocycles. The summed E-state index contributed by atoms with van der Waals surface area (Å²) in [5.74, 6) is -0.226. The van der Waals surface area contributed by atoms with Gasteiger partial charge in [-0.05, 0) is 23.8 Å². The predicted octanol–water partition coefficient (Wildman–Crippen LogP) is 2.80. The lowest BCUT2D eigenvalue weighted by molar-refractivity contribution is -0.110. The summed E-state index contributed by atoms with van der Waals surface area (Å²) in [5.41, 5.74) is 5.36. The molecule has 0 aromatic heterocycles. The molecule has 0 bridgehead atoms. The van der Waals surface area contributed by atoms with E-state index in [4.69, 9.17) is 4.74 Å². The maximum atomic E-state index is 12.5. The van der Waals surface area contributed by atoms with Crippen molar-refractivity contribution in [1.82, 2.24) is 0 Å². The molecule has 2 heterocycles. The molecule has 0 spiro atoms. The van der Waals surface area contributed by atoms with E-state index in [0.29, 0.717) is 23.6 Å². The van der Waals surface area contributed by atoms with Crippen molar-refractivity contribution in [3.05, 3.63) is 64.9 Å². The largest absolute Gasteiger partial charge is 0.410 e. The van der Waals surface area contributed by atoms with Gasteiger partial charge in [0.05, 0.1) is 17.9 Å². The lowest BCUT2D eigenvalue weighted by Crippen LogP contribution is -2.12. The molecule has 0 saturated heterocycles. The molecular weight excluding hydrogens is 306 g/mol. The first-order chi connectivity index (χ1) is 11.7. The zero-order valence-corrected chi connectivity index (χ0v) is 13.0. The number of carbonyl (C=O) groups is 1. The van der Waals surface area contributed by atoms with E-state index in [0.717, 1.165) is 28.1 Å². The number of methoxy groups -OCH3 is 1. The number of fused-ring (bicyclic) bond motifs is 2. The van der Waals surface area contributed by atoms with E-state index in [9.17, 15) is 10.0 Å². The summed E-state index contributed by atoms with van der Waals surface area (Å²) < 4.78 is 5.17. The number of benzene rings is 2. The van der Waals surface area contributed by atoms with E-state index < -0.39 is 0 Å². The van der Waals surface area contributed by atoms with Crippen LogP contribution in [0.4, 0.5) is 11.4 Å². The van der Waals surface area contributed by atoms with Crippen LogP contribution in [-0.2, 0) is 16.1 Å². The first-order valence-electron chi connectivity index (χ1n) is 7.49. The normalized spacial score (nSPS) is 19.9. The van der Waals surface area contributed by atoms with Crippen molar-refractivity contribution in [2.45, 2.75) is 6.61 Å². The number of nitrogens with zero attached hydrogens (tertiary/aromatic N) is 1. The second-order valence-corrected chi connectivity index (χ2v) is 5.64. The summed E-state index contributed by atoms with van der Waals surface area (Å²) in [5, 5.41) is 18.9. The molecule has 0 saturated carbocycles. The van der Waals surface area contributed by atoms with Gasteiger partial charge in [-0.2, -0.15) is 0 Å². The molecule has 24 heavy (non-hydrogen) atoms. The number of oxime groups is 1. The SMILES string of the molecule is COCc1ccc2c(c1)/C(=C1/Nc3ccccc3/C1=N\O)C(=O)N2. The van der Waals surface area contributed by atoms with Crippen LogP contribution in [-0.4, -0.2) is 23.9 Å². The Kier molecular flexibility index (Phi) is 3.32. The highest BCUT2D eigenvalue weighted by Crippen LogP contribution is 2.39. The molecule has 6 nitrogen and oxygen atoms in total. The fourth-order valence-electron chi connectivity index (χ4n) is 3.13. The van der Waals surface area contributed by atoms with Gasteiger partial charge < -0.3 is 20.6 Å². The van der Waals surface area contributed by atoms with Crippen molar-refractivity contribution >= 4 is 28.6 Å². The van der Waals surface area contributed by atoms with Crippen molar-refractivity contribution in [3.8, 4) is 0 Å². The molecule has 2 aromatic rings. The fraction of sp³-hybridized carbons (Fsp3) is 0.111. The topological polar surface area (TPSA) is 82.9 Å². The molecule has 0 fully saturated rings. The van der Waals surface area contributed by atoms with Crippen LogP contribution in [0.25, 0.3) is 5.57 Å². The van der Waals surface area contributed by atoms with Gasteiger partial charge in [0, 0.05) is 29.6 Å².